The minimum atomic E-state index is 0.0596. The van der Waals surface area contributed by atoms with Crippen LogP contribution in [0.25, 0.3) is 0 Å². The molecule has 1 aromatic heterocycles. The summed E-state index contributed by atoms with van der Waals surface area (Å²) in [4.78, 5) is 15.9. The lowest BCUT2D eigenvalue weighted by molar-refractivity contribution is 0.0982. The number of rotatable bonds is 4. The highest BCUT2D eigenvalue weighted by Crippen LogP contribution is 2.27. The highest BCUT2D eigenvalue weighted by atomic mass is 79.9. The predicted molar refractivity (Wildman–Crippen MR) is 71.3 cm³/mol. The van der Waals surface area contributed by atoms with Crippen LogP contribution in [0.3, 0.4) is 0 Å². The average Bonchev–Trinajstić information content (AvgIpc) is 2.40. The SMILES string of the molecule is O=C(CC(Br)c1ccccc1)c1ccncc1. The number of nitrogens with zero attached hydrogens (tertiary/aromatic N) is 1. The summed E-state index contributed by atoms with van der Waals surface area (Å²) in [6.07, 6.45) is 3.73. The van der Waals surface area contributed by atoms with E-state index in [2.05, 4.69) is 20.9 Å². The molecular weight excluding hydrogens is 278 g/mol. The van der Waals surface area contributed by atoms with Gasteiger partial charge in [0.2, 0.25) is 0 Å². The summed E-state index contributed by atoms with van der Waals surface area (Å²) in [5.41, 5.74) is 1.83. The maximum Gasteiger partial charge on any atom is 0.164 e. The second-order valence-corrected chi connectivity index (χ2v) is 4.85. The molecule has 17 heavy (non-hydrogen) atoms. The zero-order valence-corrected chi connectivity index (χ0v) is 10.8. The van der Waals surface area contributed by atoms with E-state index in [0.717, 1.165) is 5.56 Å². The number of halogens is 1. The molecule has 0 spiro atoms. The van der Waals surface area contributed by atoms with Crippen molar-refractivity contribution in [3.63, 3.8) is 0 Å². The molecule has 1 atom stereocenters. The van der Waals surface area contributed by atoms with Gasteiger partial charge in [-0.25, -0.2) is 0 Å². The number of carbonyl (C=O) groups is 1. The van der Waals surface area contributed by atoms with Gasteiger partial charge in [0.1, 0.15) is 0 Å². The van der Waals surface area contributed by atoms with Crippen LogP contribution in [0.2, 0.25) is 0 Å². The zero-order chi connectivity index (χ0) is 12.1. The van der Waals surface area contributed by atoms with Gasteiger partial charge < -0.3 is 0 Å². The van der Waals surface area contributed by atoms with Crippen LogP contribution in [0, 0.1) is 0 Å². The number of benzene rings is 1. The number of hydrogen-bond acceptors (Lipinski definition) is 2. The first-order chi connectivity index (χ1) is 8.27. The lowest BCUT2D eigenvalue weighted by Gasteiger charge is -2.09. The Bertz CT molecular complexity index is 484. The fourth-order valence-electron chi connectivity index (χ4n) is 1.60. The van der Waals surface area contributed by atoms with E-state index in [-0.39, 0.29) is 10.6 Å². The molecule has 0 saturated heterocycles. The molecule has 2 aromatic rings. The molecule has 86 valence electrons. The van der Waals surface area contributed by atoms with Crippen LogP contribution >= 0.6 is 15.9 Å². The summed E-state index contributed by atoms with van der Waals surface area (Å²) >= 11 is 3.55. The van der Waals surface area contributed by atoms with Gasteiger partial charge in [-0.1, -0.05) is 46.3 Å². The van der Waals surface area contributed by atoms with Gasteiger partial charge in [-0.05, 0) is 17.7 Å². The first-order valence-corrected chi connectivity index (χ1v) is 6.31. The Kier molecular flexibility index (Phi) is 4.04. The van der Waals surface area contributed by atoms with E-state index >= 15 is 0 Å². The maximum absolute atomic E-state index is 12.0. The average molecular weight is 290 g/mol. The molecule has 0 saturated carbocycles. The largest absolute Gasteiger partial charge is 0.294 e. The third kappa shape index (κ3) is 3.24. The Labute approximate surface area is 109 Å². The second-order valence-electron chi connectivity index (χ2n) is 3.74. The molecule has 0 aliphatic carbocycles. The molecule has 0 aliphatic rings. The molecule has 0 radical (unpaired) electrons. The number of hydrogen-bond donors (Lipinski definition) is 0. The van der Waals surface area contributed by atoms with E-state index in [1.807, 2.05) is 30.3 Å². The summed E-state index contributed by atoms with van der Waals surface area (Å²) in [6.45, 7) is 0. The molecule has 0 aliphatic heterocycles. The van der Waals surface area contributed by atoms with Crippen molar-refractivity contribution in [3.05, 3.63) is 66.0 Å². The first-order valence-electron chi connectivity index (χ1n) is 5.39. The topological polar surface area (TPSA) is 30.0 Å². The molecule has 1 unspecified atom stereocenters. The van der Waals surface area contributed by atoms with Crippen molar-refractivity contribution >= 4 is 21.7 Å². The summed E-state index contributed by atoms with van der Waals surface area (Å²) in [7, 11) is 0. The fraction of sp³-hybridized carbons (Fsp3) is 0.143. The summed E-state index contributed by atoms with van der Waals surface area (Å²) in [6, 6.07) is 13.4. The van der Waals surface area contributed by atoms with Crippen LogP contribution in [-0.4, -0.2) is 10.8 Å². The maximum atomic E-state index is 12.0. The summed E-state index contributed by atoms with van der Waals surface area (Å²) in [5.74, 6) is 0.123. The van der Waals surface area contributed by atoms with Gasteiger partial charge in [0, 0.05) is 29.2 Å². The third-order valence-corrected chi connectivity index (χ3v) is 3.38. The van der Waals surface area contributed by atoms with E-state index in [0.29, 0.717) is 12.0 Å². The third-order valence-electron chi connectivity index (χ3n) is 2.53. The summed E-state index contributed by atoms with van der Waals surface area (Å²) < 4.78 is 0. The Hall–Kier alpha value is -1.48. The van der Waals surface area contributed by atoms with Crippen molar-refractivity contribution in [1.29, 1.82) is 0 Å². The lowest BCUT2D eigenvalue weighted by atomic mass is 10.0. The second kappa shape index (κ2) is 5.73. The van der Waals surface area contributed by atoms with Crippen LogP contribution in [0.5, 0.6) is 0 Å². The van der Waals surface area contributed by atoms with Crippen LogP contribution in [0.15, 0.2) is 54.9 Å². The monoisotopic (exact) mass is 289 g/mol. The Morgan fingerprint density at radius 3 is 2.41 bits per heavy atom. The van der Waals surface area contributed by atoms with Crippen molar-refractivity contribution < 1.29 is 4.79 Å². The van der Waals surface area contributed by atoms with Crippen molar-refractivity contribution in [2.75, 3.05) is 0 Å². The highest BCUT2D eigenvalue weighted by molar-refractivity contribution is 9.09. The standard InChI is InChI=1S/C14H12BrNO/c15-13(11-4-2-1-3-5-11)10-14(17)12-6-8-16-9-7-12/h1-9,13H,10H2. The van der Waals surface area contributed by atoms with Crippen LogP contribution in [-0.2, 0) is 0 Å². The highest BCUT2D eigenvalue weighted by Gasteiger charge is 2.13. The van der Waals surface area contributed by atoms with Gasteiger partial charge >= 0.3 is 0 Å². The molecule has 0 bridgehead atoms. The van der Waals surface area contributed by atoms with E-state index < -0.39 is 0 Å². The molecule has 0 fully saturated rings. The number of alkyl halides is 1. The fourth-order valence-corrected chi connectivity index (χ4v) is 2.20. The molecule has 2 nitrogen and oxygen atoms in total. The first kappa shape index (κ1) is 12.0. The van der Waals surface area contributed by atoms with Gasteiger partial charge in [0.05, 0.1) is 0 Å². The molecule has 2 rings (SSSR count). The molecular formula is C14H12BrNO. The molecule has 0 amide bonds. The minimum Gasteiger partial charge on any atom is -0.294 e. The number of carbonyl (C=O) groups excluding carboxylic acids is 1. The van der Waals surface area contributed by atoms with Crippen molar-refractivity contribution in [2.24, 2.45) is 0 Å². The van der Waals surface area contributed by atoms with Gasteiger partial charge in [0.15, 0.2) is 5.78 Å². The number of aromatic nitrogens is 1. The lowest BCUT2D eigenvalue weighted by Crippen LogP contribution is -2.03. The number of pyridine rings is 1. The van der Waals surface area contributed by atoms with E-state index in [1.165, 1.54) is 0 Å². The molecule has 3 heteroatoms. The predicted octanol–water partition coefficient (Wildman–Crippen LogP) is 3.79. The summed E-state index contributed by atoms with van der Waals surface area (Å²) in [5, 5.41) is 0. The quantitative estimate of drug-likeness (QED) is 0.633. The van der Waals surface area contributed by atoms with Crippen LogP contribution < -0.4 is 0 Å². The van der Waals surface area contributed by atoms with Crippen molar-refractivity contribution in [2.45, 2.75) is 11.2 Å². The molecule has 1 heterocycles. The number of ketones is 1. The zero-order valence-electron chi connectivity index (χ0n) is 9.21. The van der Waals surface area contributed by atoms with Crippen molar-refractivity contribution in [1.82, 2.24) is 4.98 Å². The van der Waals surface area contributed by atoms with Gasteiger partial charge in [-0.15, -0.1) is 0 Å². The Morgan fingerprint density at radius 1 is 1.12 bits per heavy atom. The van der Waals surface area contributed by atoms with E-state index in [9.17, 15) is 4.79 Å². The van der Waals surface area contributed by atoms with Gasteiger partial charge in [0.25, 0.3) is 0 Å². The smallest absolute Gasteiger partial charge is 0.164 e. The Balaban J connectivity index is 2.05. The number of Topliss-reactive ketones (excluding diaryl/α,β-unsaturated/α-hetero) is 1. The van der Waals surface area contributed by atoms with Gasteiger partial charge in [-0.2, -0.15) is 0 Å². The molecule has 1 aromatic carbocycles. The van der Waals surface area contributed by atoms with E-state index in [4.69, 9.17) is 0 Å². The molecule has 0 N–H and O–H groups in total. The Morgan fingerprint density at radius 2 is 1.76 bits per heavy atom. The van der Waals surface area contributed by atoms with Gasteiger partial charge in [-0.3, -0.25) is 9.78 Å². The van der Waals surface area contributed by atoms with Crippen LogP contribution in [0.1, 0.15) is 27.2 Å². The van der Waals surface area contributed by atoms with Crippen molar-refractivity contribution in [3.8, 4) is 0 Å². The minimum absolute atomic E-state index is 0.0596. The van der Waals surface area contributed by atoms with E-state index in [1.54, 1.807) is 24.5 Å². The van der Waals surface area contributed by atoms with Crippen LogP contribution in [0.4, 0.5) is 0 Å². The normalized spacial score (nSPS) is 12.1.